The Morgan fingerprint density at radius 2 is 2.46 bits per heavy atom. The molecular weight excluding hydrogens is 168 g/mol. The molecule has 0 radical (unpaired) electrons. The number of anilines is 1. The molecule has 0 saturated carbocycles. The number of amides is 1. The van der Waals surface area contributed by atoms with Crippen LogP contribution in [0.4, 0.5) is 5.69 Å². The van der Waals surface area contributed by atoms with E-state index >= 15 is 0 Å². The average molecular weight is 178 g/mol. The predicted molar refractivity (Wildman–Crippen MR) is 49.6 cm³/mol. The summed E-state index contributed by atoms with van der Waals surface area (Å²) in [4.78, 5) is 14.8. The van der Waals surface area contributed by atoms with Gasteiger partial charge in [0.25, 0.3) is 0 Å². The van der Waals surface area contributed by atoms with Crippen molar-refractivity contribution in [3.05, 3.63) is 31.1 Å². The second-order valence-electron chi connectivity index (χ2n) is 2.31. The summed E-state index contributed by atoms with van der Waals surface area (Å²) in [7, 11) is 1.54. The minimum absolute atomic E-state index is 0.268. The fourth-order valence-corrected chi connectivity index (χ4v) is 0.792. The van der Waals surface area contributed by atoms with Crippen molar-refractivity contribution in [2.75, 3.05) is 12.4 Å². The van der Waals surface area contributed by atoms with Crippen molar-refractivity contribution in [2.24, 2.45) is 0 Å². The number of ether oxygens (including phenoxy) is 1. The van der Waals surface area contributed by atoms with Gasteiger partial charge in [-0.25, -0.2) is 0 Å². The van der Waals surface area contributed by atoms with Crippen LogP contribution >= 0.6 is 0 Å². The normalized spacial score (nSPS) is 9.00. The standard InChI is InChI=1S/C9H10N2O2/c1-3-9(12)11-7-4-8(13-2)6-10-5-7/h3-6H,1H2,2H3,(H,11,12). The summed E-state index contributed by atoms with van der Waals surface area (Å²) < 4.78 is 4.93. The molecule has 0 atom stereocenters. The molecule has 4 nitrogen and oxygen atoms in total. The summed E-state index contributed by atoms with van der Waals surface area (Å²) in [6.07, 6.45) is 4.28. The molecule has 0 spiro atoms. The second kappa shape index (κ2) is 4.25. The maximum atomic E-state index is 10.9. The Morgan fingerprint density at radius 3 is 3.08 bits per heavy atom. The largest absolute Gasteiger partial charge is 0.495 e. The van der Waals surface area contributed by atoms with Crippen LogP contribution in [0.15, 0.2) is 31.1 Å². The number of carbonyl (C=O) groups is 1. The molecule has 1 N–H and O–H groups in total. The summed E-state index contributed by atoms with van der Waals surface area (Å²) in [5, 5.41) is 2.57. The Morgan fingerprint density at radius 1 is 1.69 bits per heavy atom. The third-order valence-electron chi connectivity index (χ3n) is 1.40. The molecule has 4 heteroatoms. The molecule has 0 unspecified atom stereocenters. The van der Waals surface area contributed by atoms with Gasteiger partial charge >= 0.3 is 0 Å². The van der Waals surface area contributed by atoms with Gasteiger partial charge in [-0.3, -0.25) is 9.78 Å². The van der Waals surface area contributed by atoms with Crippen LogP contribution in [-0.2, 0) is 4.79 Å². The number of pyridine rings is 1. The number of nitrogens with zero attached hydrogens (tertiary/aromatic N) is 1. The van der Waals surface area contributed by atoms with E-state index < -0.39 is 0 Å². The van der Waals surface area contributed by atoms with Crippen molar-refractivity contribution in [3.8, 4) is 5.75 Å². The smallest absolute Gasteiger partial charge is 0.247 e. The van der Waals surface area contributed by atoms with Crippen LogP contribution in [0.3, 0.4) is 0 Å². The number of aromatic nitrogens is 1. The molecule has 0 fully saturated rings. The van der Waals surface area contributed by atoms with E-state index in [9.17, 15) is 4.79 Å². The van der Waals surface area contributed by atoms with Crippen LogP contribution in [0.2, 0.25) is 0 Å². The summed E-state index contributed by atoms with van der Waals surface area (Å²) in [6.45, 7) is 3.34. The quantitative estimate of drug-likeness (QED) is 0.708. The first-order valence-corrected chi connectivity index (χ1v) is 3.68. The maximum absolute atomic E-state index is 10.9. The molecule has 0 aliphatic carbocycles. The number of methoxy groups -OCH3 is 1. The van der Waals surface area contributed by atoms with Crippen LogP contribution in [0.1, 0.15) is 0 Å². The summed E-state index contributed by atoms with van der Waals surface area (Å²) in [5.74, 6) is 0.330. The van der Waals surface area contributed by atoms with E-state index in [4.69, 9.17) is 4.74 Å². The Kier molecular flexibility index (Phi) is 3.03. The number of carbonyl (C=O) groups excluding carboxylic acids is 1. The van der Waals surface area contributed by atoms with Crippen LogP contribution in [0.25, 0.3) is 0 Å². The highest BCUT2D eigenvalue weighted by atomic mass is 16.5. The van der Waals surface area contributed by atoms with Crippen molar-refractivity contribution in [1.82, 2.24) is 4.98 Å². The highest BCUT2D eigenvalue weighted by Crippen LogP contribution is 2.14. The van der Waals surface area contributed by atoms with Crippen LogP contribution in [-0.4, -0.2) is 18.0 Å². The number of hydrogen-bond donors (Lipinski definition) is 1. The van der Waals surface area contributed by atoms with Gasteiger partial charge in [-0.15, -0.1) is 0 Å². The van der Waals surface area contributed by atoms with Gasteiger partial charge in [0, 0.05) is 6.07 Å². The predicted octanol–water partition coefficient (Wildman–Crippen LogP) is 1.21. The lowest BCUT2D eigenvalue weighted by Gasteiger charge is -2.03. The van der Waals surface area contributed by atoms with Gasteiger partial charge in [0.2, 0.25) is 5.91 Å². The lowest BCUT2D eigenvalue weighted by molar-refractivity contribution is -0.111. The minimum atomic E-state index is -0.268. The zero-order chi connectivity index (χ0) is 9.68. The molecule has 0 saturated heterocycles. The van der Waals surface area contributed by atoms with Gasteiger partial charge in [0.1, 0.15) is 5.75 Å². The van der Waals surface area contributed by atoms with Gasteiger partial charge in [0.15, 0.2) is 0 Å². The number of nitrogens with one attached hydrogen (secondary N) is 1. The van der Waals surface area contributed by atoms with Gasteiger partial charge in [-0.1, -0.05) is 6.58 Å². The first-order valence-electron chi connectivity index (χ1n) is 3.68. The van der Waals surface area contributed by atoms with Crippen molar-refractivity contribution in [3.63, 3.8) is 0 Å². The molecule has 68 valence electrons. The summed E-state index contributed by atoms with van der Waals surface area (Å²) in [5.41, 5.74) is 0.587. The topological polar surface area (TPSA) is 51.2 Å². The number of rotatable bonds is 3. The van der Waals surface area contributed by atoms with Crippen LogP contribution in [0, 0.1) is 0 Å². The van der Waals surface area contributed by atoms with Crippen molar-refractivity contribution < 1.29 is 9.53 Å². The van der Waals surface area contributed by atoms with Gasteiger partial charge in [0.05, 0.1) is 25.2 Å². The molecule has 0 aromatic carbocycles. The Balaban J connectivity index is 2.77. The zero-order valence-corrected chi connectivity index (χ0v) is 7.28. The van der Waals surface area contributed by atoms with Crippen LogP contribution < -0.4 is 10.1 Å². The lowest BCUT2D eigenvalue weighted by atomic mass is 10.4. The molecule has 1 aromatic rings. The average Bonchev–Trinajstić information content (AvgIpc) is 2.18. The van der Waals surface area contributed by atoms with E-state index in [0.717, 1.165) is 0 Å². The lowest BCUT2D eigenvalue weighted by Crippen LogP contribution is -2.07. The fraction of sp³-hybridized carbons (Fsp3) is 0.111. The van der Waals surface area contributed by atoms with E-state index in [1.807, 2.05) is 0 Å². The second-order valence-corrected chi connectivity index (χ2v) is 2.31. The Hall–Kier alpha value is -1.84. The Labute approximate surface area is 76.2 Å². The molecule has 13 heavy (non-hydrogen) atoms. The van der Waals surface area contributed by atoms with E-state index in [0.29, 0.717) is 11.4 Å². The van der Waals surface area contributed by atoms with E-state index in [1.165, 1.54) is 19.4 Å². The molecular formula is C9H10N2O2. The third kappa shape index (κ3) is 2.59. The highest BCUT2D eigenvalue weighted by Gasteiger charge is 1.98. The Bertz CT molecular complexity index is 323. The molecule has 0 aliphatic rings. The van der Waals surface area contributed by atoms with Crippen LogP contribution in [0.5, 0.6) is 5.75 Å². The highest BCUT2D eigenvalue weighted by molar-refractivity contribution is 5.98. The molecule has 1 rings (SSSR count). The number of hydrogen-bond acceptors (Lipinski definition) is 3. The third-order valence-corrected chi connectivity index (χ3v) is 1.40. The monoisotopic (exact) mass is 178 g/mol. The van der Waals surface area contributed by atoms with Gasteiger partial charge in [-0.2, -0.15) is 0 Å². The van der Waals surface area contributed by atoms with E-state index in [1.54, 1.807) is 12.3 Å². The van der Waals surface area contributed by atoms with Gasteiger partial charge in [-0.05, 0) is 6.08 Å². The van der Waals surface area contributed by atoms with E-state index in [-0.39, 0.29) is 5.91 Å². The molecule has 0 bridgehead atoms. The maximum Gasteiger partial charge on any atom is 0.247 e. The summed E-state index contributed by atoms with van der Waals surface area (Å²) in [6, 6.07) is 1.67. The molecule has 1 amide bonds. The fourth-order valence-electron chi connectivity index (χ4n) is 0.792. The first-order chi connectivity index (χ1) is 6.26. The van der Waals surface area contributed by atoms with Crippen molar-refractivity contribution >= 4 is 11.6 Å². The molecule has 1 heterocycles. The SMILES string of the molecule is C=CC(=O)Nc1cncc(OC)c1. The van der Waals surface area contributed by atoms with Crippen molar-refractivity contribution in [1.29, 1.82) is 0 Å². The summed E-state index contributed by atoms with van der Waals surface area (Å²) >= 11 is 0. The van der Waals surface area contributed by atoms with Gasteiger partial charge < -0.3 is 10.1 Å². The zero-order valence-electron chi connectivity index (χ0n) is 7.28. The first kappa shape index (κ1) is 9.25. The van der Waals surface area contributed by atoms with E-state index in [2.05, 4.69) is 16.9 Å². The molecule has 1 aromatic heterocycles. The minimum Gasteiger partial charge on any atom is -0.495 e. The van der Waals surface area contributed by atoms with Crippen molar-refractivity contribution in [2.45, 2.75) is 0 Å². The molecule has 0 aliphatic heterocycles.